The van der Waals surface area contributed by atoms with Gasteiger partial charge in [0, 0.05) is 10.0 Å². The number of thioether (sulfide) groups is 1. The van der Waals surface area contributed by atoms with Gasteiger partial charge in [-0.25, -0.2) is 0 Å². The summed E-state index contributed by atoms with van der Waals surface area (Å²) in [7, 11) is 0. The molecule has 0 aliphatic carbocycles. The molecule has 14 heavy (non-hydrogen) atoms. The minimum absolute atomic E-state index is 0.198. The zero-order chi connectivity index (χ0) is 9.97. The Morgan fingerprint density at radius 2 is 2.36 bits per heavy atom. The van der Waals surface area contributed by atoms with Crippen LogP contribution in [-0.2, 0) is 0 Å². The lowest BCUT2D eigenvalue weighted by Gasteiger charge is -2.07. The van der Waals surface area contributed by atoms with Gasteiger partial charge in [0.25, 0.3) is 0 Å². The van der Waals surface area contributed by atoms with Crippen molar-refractivity contribution in [2.75, 3.05) is 5.75 Å². The molecule has 1 atom stereocenters. The van der Waals surface area contributed by atoms with Crippen molar-refractivity contribution in [2.45, 2.75) is 18.1 Å². The van der Waals surface area contributed by atoms with Crippen molar-refractivity contribution >= 4 is 33.5 Å². The molecule has 0 radical (unpaired) electrons. The average molecular weight is 271 g/mol. The maximum absolute atomic E-state index is 12.0. The summed E-state index contributed by atoms with van der Waals surface area (Å²) in [5.41, 5.74) is 0.832. The highest BCUT2D eigenvalue weighted by Crippen LogP contribution is 2.29. The summed E-state index contributed by atoms with van der Waals surface area (Å²) in [5.74, 6) is 1.42. The number of hydrogen-bond acceptors (Lipinski definition) is 2. The topological polar surface area (TPSA) is 17.1 Å². The summed E-state index contributed by atoms with van der Waals surface area (Å²) < 4.78 is 0.978. The minimum atomic E-state index is 0.198. The number of rotatable bonds is 2. The van der Waals surface area contributed by atoms with Gasteiger partial charge in [-0.15, -0.1) is 0 Å². The molecule has 1 heterocycles. The average Bonchev–Trinajstić information content (AvgIpc) is 2.69. The Balaban J connectivity index is 2.17. The number of ketones is 1. The van der Waals surface area contributed by atoms with Crippen LogP contribution in [0, 0.1) is 0 Å². The van der Waals surface area contributed by atoms with Crippen LogP contribution in [0.5, 0.6) is 0 Å². The van der Waals surface area contributed by atoms with Crippen LogP contribution in [0.1, 0.15) is 23.2 Å². The Morgan fingerprint density at radius 3 is 3.00 bits per heavy atom. The van der Waals surface area contributed by atoms with E-state index in [4.69, 9.17) is 0 Å². The summed E-state index contributed by atoms with van der Waals surface area (Å²) in [5, 5.41) is 0.198. The fourth-order valence-corrected chi connectivity index (χ4v) is 3.25. The maximum Gasteiger partial charge on any atom is 0.175 e. The zero-order valence-electron chi connectivity index (χ0n) is 7.70. The van der Waals surface area contributed by atoms with Crippen molar-refractivity contribution in [1.82, 2.24) is 0 Å². The van der Waals surface area contributed by atoms with E-state index in [1.807, 2.05) is 24.3 Å². The highest BCUT2D eigenvalue weighted by atomic mass is 79.9. The van der Waals surface area contributed by atoms with Crippen molar-refractivity contribution in [2.24, 2.45) is 0 Å². The van der Waals surface area contributed by atoms with Crippen LogP contribution < -0.4 is 0 Å². The summed E-state index contributed by atoms with van der Waals surface area (Å²) in [6.45, 7) is 0. The van der Waals surface area contributed by atoms with Crippen LogP contribution >= 0.6 is 27.7 Å². The van der Waals surface area contributed by atoms with E-state index in [2.05, 4.69) is 15.9 Å². The molecule has 1 nitrogen and oxygen atoms in total. The van der Waals surface area contributed by atoms with Crippen LogP contribution in [0.3, 0.4) is 0 Å². The largest absolute Gasteiger partial charge is 0.293 e. The molecule has 1 aromatic carbocycles. The van der Waals surface area contributed by atoms with E-state index in [-0.39, 0.29) is 11.0 Å². The first-order valence-corrected chi connectivity index (χ1v) is 6.53. The molecule has 0 saturated carbocycles. The number of halogens is 1. The van der Waals surface area contributed by atoms with E-state index in [1.54, 1.807) is 11.8 Å². The Morgan fingerprint density at radius 1 is 1.50 bits per heavy atom. The quantitative estimate of drug-likeness (QED) is 0.765. The van der Waals surface area contributed by atoms with Gasteiger partial charge < -0.3 is 0 Å². The van der Waals surface area contributed by atoms with E-state index < -0.39 is 0 Å². The Labute approximate surface area is 96.4 Å². The van der Waals surface area contributed by atoms with E-state index >= 15 is 0 Å². The smallest absolute Gasteiger partial charge is 0.175 e. The monoisotopic (exact) mass is 270 g/mol. The summed E-state index contributed by atoms with van der Waals surface area (Å²) in [4.78, 5) is 12.0. The van der Waals surface area contributed by atoms with E-state index in [1.165, 1.54) is 6.42 Å². The van der Waals surface area contributed by atoms with Gasteiger partial charge in [0.05, 0.1) is 5.25 Å². The zero-order valence-corrected chi connectivity index (χ0v) is 10.1. The predicted molar refractivity (Wildman–Crippen MR) is 64.0 cm³/mol. The summed E-state index contributed by atoms with van der Waals surface area (Å²) >= 11 is 5.17. The SMILES string of the molecule is O=C(c1cccc(Br)c1)C1CCCS1. The van der Waals surface area contributed by atoms with Gasteiger partial charge in [-0.05, 0) is 30.7 Å². The van der Waals surface area contributed by atoms with Crippen molar-refractivity contribution in [3.05, 3.63) is 34.3 Å². The van der Waals surface area contributed by atoms with Crippen LogP contribution in [0.15, 0.2) is 28.7 Å². The van der Waals surface area contributed by atoms with Crippen LogP contribution in [0.4, 0.5) is 0 Å². The van der Waals surface area contributed by atoms with Crippen LogP contribution in [0.25, 0.3) is 0 Å². The fraction of sp³-hybridized carbons (Fsp3) is 0.364. The van der Waals surface area contributed by atoms with Gasteiger partial charge in [-0.2, -0.15) is 11.8 Å². The Bertz CT molecular complexity index is 345. The molecule has 74 valence electrons. The lowest BCUT2D eigenvalue weighted by molar-refractivity contribution is 0.0988. The second-order valence-corrected chi connectivity index (χ2v) is 5.60. The fourth-order valence-electron chi connectivity index (χ4n) is 1.61. The second kappa shape index (κ2) is 4.49. The first-order valence-electron chi connectivity index (χ1n) is 4.69. The van der Waals surface area contributed by atoms with Gasteiger partial charge in [-0.3, -0.25) is 4.79 Å². The van der Waals surface area contributed by atoms with E-state index in [0.29, 0.717) is 0 Å². The van der Waals surface area contributed by atoms with E-state index in [0.717, 1.165) is 22.2 Å². The van der Waals surface area contributed by atoms with E-state index in [9.17, 15) is 4.79 Å². The summed E-state index contributed by atoms with van der Waals surface area (Å²) in [6.07, 6.45) is 2.21. The maximum atomic E-state index is 12.0. The molecule has 0 N–H and O–H groups in total. The van der Waals surface area contributed by atoms with Crippen LogP contribution in [0.2, 0.25) is 0 Å². The van der Waals surface area contributed by atoms with Crippen molar-refractivity contribution in [1.29, 1.82) is 0 Å². The summed E-state index contributed by atoms with van der Waals surface area (Å²) in [6, 6.07) is 7.66. The lowest BCUT2D eigenvalue weighted by Crippen LogP contribution is -2.13. The minimum Gasteiger partial charge on any atom is -0.293 e. The third-order valence-electron chi connectivity index (χ3n) is 2.33. The first-order chi connectivity index (χ1) is 6.77. The third kappa shape index (κ3) is 2.20. The number of carbonyl (C=O) groups is 1. The Kier molecular flexibility index (Phi) is 3.29. The van der Waals surface area contributed by atoms with Gasteiger partial charge in [-0.1, -0.05) is 28.1 Å². The highest BCUT2D eigenvalue weighted by Gasteiger charge is 2.24. The molecule has 1 fully saturated rings. The molecule has 0 spiro atoms. The Hall–Kier alpha value is -0.280. The van der Waals surface area contributed by atoms with Crippen molar-refractivity contribution < 1.29 is 4.79 Å². The molecule has 0 aromatic heterocycles. The molecule has 0 amide bonds. The highest BCUT2D eigenvalue weighted by molar-refractivity contribution is 9.10. The van der Waals surface area contributed by atoms with Gasteiger partial charge in [0.15, 0.2) is 5.78 Å². The second-order valence-electron chi connectivity index (χ2n) is 3.38. The molecule has 1 aromatic rings. The van der Waals surface area contributed by atoms with Gasteiger partial charge >= 0.3 is 0 Å². The van der Waals surface area contributed by atoms with Crippen LogP contribution in [-0.4, -0.2) is 16.8 Å². The molecular formula is C11H11BrOS. The van der Waals surface area contributed by atoms with Crippen molar-refractivity contribution in [3.8, 4) is 0 Å². The number of hydrogen-bond donors (Lipinski definition) is 0. The first kappa shape index (κ1) is 10.2. The normalized spacial score (nSPS) is 21.1. The molecule has 0 bridgehead atoms. The number of Topliss-reactive ketones (excluding diaryl/α,β-unsaturated/α-hetero) is 1. The van der Waals surface area contributed by atoms with Crippen molar-refractivity contribution in [3.63, 3.8) is 0 Å². The standard InChI is InChI=1S/C11H11BrOS/c12-9-4-1-3-8(7-9)11(13)10-5-2-6-14-10/h1,3-4,7,10H,2,5-6H2. The molecule has 1 aliphatic rings. The number of benzene rings is 1. The molecule has 1 aliphatic heterocycles. The van der Waals surface area contributed by atoms with Gasteiger partial charge in [0.2, 0.25) is 0 Å². The van der Waals surface area contributed by atoms with Gasteiger partial charge in [0.1, 0.15) is 0 Å². The molecule has 1 unspecified atom stereocenters. The number of carbonyl (C=O) groups excluding carboxylic acids is 1. The third-order valence-corrected chi connectivity index (χ3v) is 4.20. The predicted octanol–water partition coefficient (Wildman–Crippen LogP) is 3.53. The molecule has 3 heteroatoms. The lowest BCUT2D eigenvalue weighted by atomic mass is 10.1. The molecule has 2 rings (SSSR count). The molecule has 1 saturated heterocycles. The molecular weight excluding hydrogens is 260 g/mol.